The Labute approximate surface area is 158 Å². The zero-order valence-corrected chi connectivity index (χ0v) is 15.9. The van der Waals surface area contributed by atoms with Gasteiger partial charge in [-0.1, -0.05) is 55.0 Å². The molecule has 0 saturated carbocycles. The van der Waals surface area contributed by atoms with E-state index in [1.165, 1.54) is 5.56 Å². The number of benzene rings is 3. The van der Waals surface area contributed by atoms with Crippen LogP contribution in [0.3, 0.4) is 0 Å². The lowest BCUT2D eigenvalue weighted by Gasteiger charge is -2.21. The van der Waals surface area contributed by atoms with Crippen LogP contribution < -0.4 is 0 Å². The minimum atomic E-state index is -3.57. The van der Waals surface area contributed by atoms with Gasteiger partial charge in [-0.3, -0.25) is 4.57 Å². The fourth-order valence-electron chi connectivity index (χ4n) is 3.87. The number of fused-ring (bicyclic) bond motifs is 2. The van der Waals surface area contributed by atoms with Crippen molar-refractivity contribution >= 4 is 20.9 Å². The number of hydrogen-bond donors (Lipinski definition) is 0. The molecule has 0 spiro atoms. The molecule has 0 bridgehead atoms. The van der Waals surface area contributed by atoms with Gasteiger partial charge in [0.2, 0.25) is 9.84 Å². The molecule has 1 aromatic heterocycles. The van der Waals surface area contributed by atoms with Gasteiger partial charge < -0.3 is 0 Å². The number of nitrogens with zero attached hydrogens (tertiary/aromatic N) is 2. The topological polar surface area (TPSA) is 52.0 Å². The van der Waals surface area contributed by atoms with Crippen LogP contribution in [0.4, 0.5) is 0 Å². The van der Waals surface area contributed by atoms with Gasteiger partial charge in [0.25, 0.3) is 0 Å². The standard InChI is InChI=1S/C22H18N2O2S/c1-3-20-23-21-16(15-10-8-14(2)9-11-15)12-13-19-22(21)24(20)17-6-4-5-7-18(17)27(19,25)26/h4-13H,3H2,1-2H3. The summed E-state index contributed by atoms with van der Waals surface area (Å²) < 4.78 is 28.5. The SMILES string of the molecule is CCc1nc2c(-c3ccc(C)cc3)ccc3c2n1-c1ccccc1S3(=O)=O. The van der Waals surface area contributed by atoms with Crippen molar-refractivity contribution in [3.8, 4) is 16.8 Å². The third-order valence-electron chi connectivity index (χ3n) is 5.20. The zero-order chi connectivity index (χ0) is 18.8. The van der Waals surface area contributed by atoms with E-state index in [0.29, 0.717) is 21.0 Å². The average Bonchev–Trinajstić information content (AvgIpc) is 3.07. The molecule has 0 unspecified atom stereocenters. The number of rotatable bonds is 2. The van der Waals surface area contributed by atoms with Gasteiger partial charge in [-0.05, 0) is 30.7 Å². The van der Waals surface area contributed by atoms with Crippen LogP contribution in [0.5, 0.6) is 0 Å². The minimum absolute atomic E-state index is 0.333. The highest BCUT2D eigenvalue weighted by molar-refractivity contribution is 7.92. The number of aromatic nitrogens is 2. The van der Waals surface area contributed by atoms with E-state index < -0.39 is 9.84 Å². The molecule has 5 heteroatoms. The molecular formula is C22H18N2O2S. The predicted molar refractivity (Wildman–Crippen MR) is 106 cm³/mol. The quantitative estimate of drug-likeness (QED) is 0.450. The van der Waals surface area contributed by atoms with Gasteiger partial charge in [0.1, 0.15) is 5.82 Å². The number of sulfone groups is 1. The second-order valence-corrected chi connectivity index (χ2v) is 8.75. The summed E-state index contributed by atoms with van der Waals surface area (Å²) in [5.41, 5.74) is 5.29. The van der Waals surface area contributed by atoms with Gasteiger partial charge in [0.15, 0.2) is 0 Å². The van der Waals surface area contributed by atoms with Crippen molar-refractivity contribution < 1.29 is 8.42 Å². The van der Waals surface area contributed by atoms with Crippen molar-refractivity contribution in [3.63, 3.8) is 0 Å². The Balaban J connectivity index is 1.95. The minimum Gasteiger partial charge on any atom is -0.294 e. The summed E-state index contributed by atoms with van der Waals surface area (Å²) in [6.45, 7) is 4.09. The first-order chi connectivity index (χ1) is 13.0. The van der Waals surface area contributed by atoms with E-state index in [1.807, 2.05) is 36.6 Å². The Morgan fingerprint density at radius 1 is 0.926 bits per heavy atom. The fourth-order valence-corrected chi connectivity index (χ4v) is 5.48. The normalized spacial score (nSPS) is 14.3. The largest absolute Gasteiger partial charge is 0.294 e. The molecule has 134 valence electrons. The fraction of sp³-hybridized carbons (Fsp3) is 0.136. The molecule has 27 heavy (non-hydrogen) atoms. The third-order valence-corrected chi connectivity index (χ3v) is 7.03. The van der Waals surface area contributed by atoms with E-state index in [1.54, 1.807) is 18.2 Å². The van der Waals surface area contributed by atoms with Crippen molar-refractivity contribution in [2.24, 2.45) is 0 Å². The van der Waals surface area contributed by atoms with Gasteiger partial charge in [0, 0.05) is 12.0 Å². The molecule has 0 atom stereocenters. The van der Waals surface area contributed by atoms with Crippen LogP contribution in [0.25, 0.3) is 27.8 Å². The lowest BCUT2D eigenvalue weighted by Crippen LogP contribution is -2.15. The second-order valence-electron chi connectivity index (χ2n) is 6.86. The lowest BCUT2D eigenvalue weighted by molar-refractivity contribution is 0.594. The molecule has 3 aromatic carbocycles. The van der Waals surface area contributed by atoms with Gasteiger partial charge >= 0.3 is 0 Å². The van der Waals surface area contributed by atoms with Crippen molar-refractivity contribution in [2.45, 2.75) is 30.1 Å². The van der Waals surface area contributed by atoms with Gasteiger partial charge in [-0.25, -0.2) is 13.4 Å². The lowest BCUT2D eigenvalue weighted by atomic mass is 10.0. The van der Waals surface area contributed by atoms with Crippen LogP contribution in [0.2, 0.25) is 0 Å². The molecule has 5 rings (SSSR count). The molecule has 4 nitrogen and oxygen atoms in total. The Hall–Kier alpha value is -2.92. The van der Waals surface area contributed by atoms with Gasteiger partial charge in [-0.2, -0.15) is 0 Å². The molecule has 0 saturated heterocycles. The van der Waals surface area contributed by atoms with Gasteiger partial charge in [0.05, 0.1) is 26.5 Å². The third kappa shape index (κ3) is 2.15. The van der Waals surface area contributed by atoms with E-state index in [-0.39, 0.29) is 0 Å². The van der Waals surface area contributed by atoms with Crippen LogP contribution in [-0.4, -0.2) is 18.0 Å². The smallest absolute Gasteiger partial charge is 0.210 e. The van der Waals surface area contributed by atoms with Crippen molar-refractivity contribution in [1.29, 1.82) is 0 Å². The Bertz CT molecular complexity index is 1320. The van der Waals surface area contributed by atoms with Crippen LogP contribution >= 0.6 is 0 Å². The summed E-state index contributed by atoms with van der Waals surface area (Å²) in [6, 6.07) is 19.0. The number of aryl methyl sites for hydroxylation is 2. The first kappa shape index (κ1) is 16.3. The first-order valence-electron chi connectivity index (χ1n) is 8.98. The van der Waals surface area contributed by atoms with E-state index in [4.69, 9.17) is 4.98 Å². The second kappa shape index (κ2) is 5.54. The molecule has 0 N–H and O–H groups in total. The summed E-state index contributed by atoms with van der Waals surface area (Å²) in [5, 5.41) is 0. The number of hydrogen-bond acceptors (Lipinski definition) is 3. The summed E-state index contributed by atoms with van der Waals surface area (Å²) >= 11 is 0. The molecule has 0 aliphatic carbocycles. The molecule has 0 radical (unpaired) electrons. The Morgan fingerprint density at radius 2 is 1.67 bits per heavy atom. The molecule has 0 amide bonds. The van der Waals surface area contributed by atoms with Crippen LogP contribution in [0, 0.1) is 6.92 Å². The highest BCUT2D eigenvalue weighted by Crippen LogP contribution is 2.42. The molecule has 0 fully saturated rings. The maximum Gasteiger partial charge on any atom is 0.210 e. The average molecular weight is 374 g/mol. The van der Waals surface area contributed by atoms with Crippen molar-refractivity contribution in [2.75, 3.05) is 0 Å². The molecule has 1 aliphatic heterocycles. The monoisotopic (exact) mass is 374 g/mol. The van der Waals surface area contributed by atoms with Gasteiger partial charge in [-0.15, -0.1) is 0 Å². The zero-order valence-electron chi connectivity index (χ0n) is 15.1. The van der Waals surface area contributed by atoms with E-state index >= 15 is 0 Å². The highest BCUT2D eigenvalue weighted by atomic mass is 32.2. The maximum atomic E-state index is 13.2. The summed E-state index contributed by atoms with van der Waals surface area (Å²) in [4.78, 5) is 5.54. The van der Waals surface area contributed by atoms with E-state index in [0.717, 1.165) is 28.9 Å². The van der Waals surface area contributed by atoms with Crippen LogP contribution in [-0.2, 0) is 16.3 Å². The van der Waals surface area contributed by atoms with Crippen LogP contribution in [0.15, 0.2) is 70.5 Å². The summed E-state index contributed by atoms with van der Waals surface area (Å²) in [6.07, 6.45) is 0.718. The highest BCUT2D eigenvalue weighted by Gasteiger charge is 2.33. The molecule has 1 aliphatic rings. The Kier molecular flexibility index (Phi) is 3.34. The maximum absolute atomic E-state index is 13.2. The molecular weight excluding hydrogens is 356 g/mol. The Morgan fingerprint density at radius 3 is 2.41 bits per heavy atom. The van der Waals surface area contributed by atoms with Crippen LogP contribution in [0.1, 0.15) is 18.3 Å². The molecule has 4 aromatic rings. The summed E-state index contributed by atoms with van der Waals surface area (Å²) in [5.74, 6) is 0.869. The first-order valence-corrected chi connectivity index (χ1v) is 10.5. The van der Waals surface area contributed by atoms with E-state index in [9.17, 15) is 8.42 Å². The number of para-hydroxylation sites is 1. The predicted octanol–water partition coefficient (Wildman–Crippen LogP) is 4.71. The molecule has 2 heterocycles. The van der Waals surface area contributed by atoms with Crippen molar-refractivity contribution in [3.05, 3.63) is 72.1 Å². The van der Waals surface area contributed by atoms with Crippen molar-refractivity contribution in [1.82, 2.24) is 9.55 Å². The summed E-state index contributed by atoms with van der Waals surface area (Å²) in [7, 11) is -3.57. The number of imidazole rings is 1. The van der Waals surface area contributed by atoms with E-state index in [2.05, 4.69) is 24.3 Å².